The fourth-order valence-electron chi connectivity index (χ4n) is 1.67. The number of benzene rings is 1. The molecule has 23 heavy (non-hydrogen) atoms. The van der Waals surface area contributed by atoms with Crippen molar-refractivity contribution in [1.29, 1.82) is 0 Å². The van der Waals surface area contributed by atoms with E-state index in [-0.39, 0.29) is 0 Å². The summed E-state index contributed by atoms with van der Waals surface area (Å²) in [5.74, 6) is -1.56. The van der Waals surface area contributed by atoms with E-state index in [1.807, 2.05) is 0 Å². The molecule has 0 fully saturated rings. The first kappa shape index (κ1) is 18.5. The zero-order valence-electron chi connectivity index (χ0n) is 12.4. The van der Waals surface area contributed by atoms with Crippen molar-refractivity contribution < 1.29 is 31.8 Å². The number of carbonyl (C=O) groups excluding carboxylic acids is 1. The zero-order chi connectivity index (χ0) is 17.6. The van der Waals surface area contributed by atoms with Crippen molar-refractivity contribution in [1.82, 2.24) is 4.90 Å². The molecule has 0 bridgehead atoms. The second kappa shape index (κ2) is 7.66. The third-order valence-electron chi connectivity index (χ3n) is 2.76. The van der Waals surface area contributed by atoms with Crippen molar-refractivity contribution in [2.24, 2.45) is 0 Å². The van der Waals surface area contributed by atoms with E-state index in [2.05, 4.69) is 11.3 Å². The third-order valence-corrected chi connectivity index (χ3v) is 2.76. The van der Waals surface area contributed by atoms with Gasteiger partial charge in [0.1, 0.15) is 5.82 Å². The number of ether oxygens (including phenoxy) is 2. The summed E-state index contributed by atoms with van der Waals surface area (Å²) in [5, 5.41) is 0. The predicted octanol–water partition coefficient (Wildman–Crippen LogP) is 4.17. The van der Waals surface area contributed by atoms with E-state index in [0.717, 1.165) is 38.4 Å². The SMILES string of the molecule is C=C/C=C(/OC(c1ccccc1F)C(F)(F)F)N(C)C(=O)OC. The molecule has 0 heterocycles. The van der Waals surface area contributed by atoms with E-state index in [9.17, 15) is 22.4 Å². The van der Waals surface area contributed by atoms with Gasteiger partial charge in [-0.25, -0.2) is 9.18 Å². The topological polar surface area (TPSA) is 38.8 Å². The molecule has 1 unspecified atom stereocenters. The molecule has 126 valence electrons. The number of alkyl halides is 3. The van der Waals surface area contributed by atoms with Gasteiger partial charge in [-0.15, -0.1) is 0 Å². The lowest BCUT2D eigenvalue weighted by Crippen LogP contribution is -2.32. The van der Waals surface area contributed by atoms with Crippen LogP contribution in [0.25, 0.3) is 0 Å². The largest absolute Gasteiger partial charge is 0.461 e. The van der Waals surface area contributed by atoms with Gasteiger partial charge in [-0.3, -0.25) is 4.90 Å². The number of allylic oxidation sites excluding steroid dienone is 2. The Bertz CT molecular complexity index is 599. The highest BCUT2D eigenvalue weighted by Gasteiger charge is 2.45. The van der Waals surface area contributed by atoms with Gasteiger partial charge in [0.25, 0.3) is 0 Å². The van der Waals surface area contributed by atoms with Gasteiger partial charge in [0.15, 0.2) is 5.88 Å². The number of carbonyl (C=O) groups is 1. The lowest BCUT2D eigenvalue weighted by atomic mass is 10.1. The summed E-state index contributed by atoms with van der Waals surface area (Å²) in [7, 11) is 2.21. The van der Waals surface area contributed by atoms with Crippen LogP contribution in [0.2, 0.25) is 0 Å². The van der Waals surface area contributed by atoms with E-state index in [4.69, 9.17) is 4.74 Å². The minimum Gasteiger partial charge on any atom is -0.461 e. The van der Waals surface area contributed by atoms with Crippen molar-refractivity contribution in [2.45, 2.75) is 12.3 Å². The highest BCUT2D eigenvalue weighted by atomic mass is 19.4. The Kier molecular flexibility index (Phi) is 6.18. The molecule has 0 aliphatic carbocycles. The summed E-state index contributed by atoms with van der Waals surface area (Å²) in [4.78, 5) is 12.2. The lowest BCUT2D eigenvalue weighted by Gasteiger charge is -2.27. The number of hydrogen-bond donors (Lipinski definition) is 0. The minimum atomic E-state index is -4.90. The summed E-state index contributed by atoms with van der Waals surface area (Å²) in [6.07, 6.45) is -6.28. The summed E-state index contributed by atoms with van der Waals surface area (Å²) >= 11 is 0. The van der Waals surface area contributed by atoms with E-state index >= 15 is 0 Å². The Morgan fingerprint density at radius 3 is 2.43 bits per heavy atom. The number of halogens is 4. The van der Waals surface area contributed by atoms with Crippen molar-refractivity contribution in [3.05, 3.63) is 60.3 Å². The number of amides is 1. The molecular formula is C15H15F4NO3. The maximum atomic E-state index is 13.7. The fraction of sp³-hybridized carbons (Fsp3) is 0.267. The van der Waals surface area contributed by atoms with Crippen LogP contribution < -0.4 is 0 Å². The Morgan fingerprint density at radius 1 is 1.35 bits per heavy atom. The molecule has 1 atom stereocenters. The highest BCUT2D eigenvalue weighted by molar-refractivity contribution is 5.69. The molecule has 0 saturated carbocycles. The highest BCUT2D eigenvalue weighted by Crippen LogP contribution is 2.38. The van der Waals surface area contributed by atoms with Gasteiger partial charge in [0, 0.05) is 12.6 Å². The van der Waals surface area contributed by atoms with Crippen LogP contribution in [0.5, 0.6) is 0 Å². The van der Waals surface area contributed by atoms with Gasteiger partial charge in [0.05, 0.1) is 7.11 Å². The lowest BCUT2D eigenvalue weighted by molar-refractivity contribution is -0.218. The van der Waals surface area contributed by atoms with Crippen LogP contribution in [-0.2, 0) is 9.47 Å². The molecule has 0 aliphatic rings. The number of hydrogen-bond acceptors (Lipinski definition) is 3. The van der Waals surface area contributed by atoms with Crippen molar-refractivity contribution in [3.63, 3.8) is 0 Å². The normalized spacial score (nSPS) is 13.2. The van der Waals surface area contributed by atoms with Gasteiger partial charge in [-0.1, -0.05) is 30.9 Å². The molecule has 1 amide bonds. The van der Waals surface area contributed by atoms with Crippen molar-refractivity contribution >= 4 is 6.09 Å². The molecule has 0 aliphatic heterocycles. The number of nitrogens with zero attached hydrogens (tertiary/aromatic N) is 1. The number of rotatable bonds is 5. The second-order valence-corrected chi connectivity index (χ2v) is 4.33. The van der Waals surface area contributed by atoms with E-state index in [1.54, 1.807) is 0 Å². The van der Waals surface area contributed by atoms with Crippen LogP contribution in [-0.4, -0.2) is 31.3 Å². The maximum absolute atomic E-state index is 13.7. The van der Waals surface area contributed by atoms with E-state index in [1.165, 1.54) is 12.1 Å². The van der Waals surface area contributed by atoms with Crippen LogP contribution in [0.3, 0.4) is 0 Å². The summed E-state index contributed by atoms with van der Waals surface area (Å²) in [6, 6.07) is 4.35. The molecule has 1 aromatic rings. The second-order valence-electron chi connectivity index (χ2n) is 4.33. The molecular weight excluding hydrogens is 318 g/mol. The first-order chi connectivity index (χ1) is 10.7. The quantitative estimate of drug-likeness (QED) is 0.461. The molecule has 0 N–H and O–H groups in total. The van der Waals surface area contributed by atoms with Crippen molar-refractivity contribution in [3.8, 4) is 0 Å². The first-order valence-electron chi connectivity index (χ1n) is 6.34. The van der Waals surface area contributed by atoms with Crippen molar-refractivity contribution in [2.75, 3.05) is 14.2 Å². The Balaban J connectivity index is 3.24. The molecule has 0 saturated heterocycles. The van der Waals surface area contributed by atoms with Crippen LogP contribution in [0.15, 0.2) is 48.9 Å². The monoisotopic (exact) mass is 333 g/mol. The third kappa shape index (κ3) is 4.73. The average Bonchev–Trinajstić information content (AvgIpc) is 2.49. The van der Waals surface area contributed by atoms with Crippen LogP contribution in [0.1, 0.15) is 11.7 Å². The Hall–Kier alpha value is -2.51. The van der Waals surface area contributed by atoms with E-state index in [0.29, 0.717) is 4.90 Å². The smallest absolute Gasteiger partial charge is 0.429 e. The first-order valence-corrected chi connectivity index (χ1v) is 6.34. The summed E-state index contributed by atoms with van der Waals surface area (Å²) in [5.41, 5.74) is -0.701. The molecule has 1 aromatic carbocycles. The maximum Gasteiger partial charge on any atom is 0.429 e. The van der Waals surface area contributed by atoms with Gasteiger partial charge >= 0.3 is 12.3 Å². The Labute approximate surface area is 130 Å². The number of methoxy groups -OCH3 is 1. The molecule has 4 nitrogen and oxygen atoms in total. The van der Waals surface area contributed by atoms with Gasteiger partial charge < -0.3 is 9.47 Å². The average molecular weight is 333 g/mol. The predicted molar refractivity (Wildman–Crippen MR) is 74.7 cm³/mol. The summed E-state index contributed by atoms with van der Waals surface area (Å²) in [6.45, 7) is 3.34. The van der Waals surface area contributed by atoms with Crippen LogP contribution in [0, 0.1) is 5.82 Å². The summed E-state index contributed by atoms with van der Waals surface area (Å²) < 4.78 is 62.7. The van der Waals surface area contributed by atoms with E-state index < -0.39 is 35.6 Å². The van der Waals surface area contributed by atoms with Gasteiger partial charge in [-0.2, -0.15) is 13.2 Å². The molecule has 0 aromatic heterocycles. The molecule has 1 rings (SSSR count). The molecule has 0 spiro atoms. The standard InChI is InChI=1S/C15H15F4NO3/c1-4-7-12(20(2)14(21)22-3)23-13(15(17,18)19)10-8-5-6-9-11(10)16/h4-9,13H,1H2,2-3H3/b12-7+. The molecule has 8 heteroatoms. The fourth-order valence-corrected chi connectivity index (χ4v) is 1.67. The van der Waals surface area contributed by atoms with Crippen LogP contribution >= 0.6 is 0 Å². The van der Waals surface area contributed by atoms with Gasteiger partial charge in [-0.05, 0) is 12.1 Å². The minimum absolute atomic E-state index is 0.488. The van der Waals surface area contributed by atoms with Crippen LogP contribution in [0.4, 0.5) is 22.4 Å². The molecule has 0 radical (unpaired) electrons. The van der Waals surface area contributed by atoms with Gasteiger partial charge in [0.2, 0.25) is 6.10 Å². The zero-order valence-corrected chi connectivity index (χ0v) is 12.4. The Morgan fingerprint density at radius 2 is 1.96 bits per heavy atom.